The second kappa shape index (κ2) is 9.88. The zero-order valence-corrected chi connectivity index (χ0v) is 17.4. The van der Waals surface area contributed by atoms with Gasteiger partial charge in [-0.3, -0.25) is 9.78 Å². The van der Waals surface area contributed by atoms with Crippen molar-refractivity contribution in [1.82, 2.24) is 9.97 Å². The number of hydrogen-bond acceptors (Lipinski definition) is 7. The number of hydrogen-bond donors (Lipinski definition) is 1. The second-order valence-electron chi connectivity index (χ2n) is 6.21. The molecule has 0 aliphatic rings. The summed E-state index contributed by atoms with van der Waals surface area (Å²) in [4.78, 5) is 21.6. The number of methoxy groups -OCH3 is 3. The summed E-state index contributed by atoms with van der Waals surface area (Å²) in [5, 5.41) is 3.44. The summed E-state index contributed by atoms with van der Waals surface area (Å²) >= 11 is 1.44. The Hall–Kier alpha value is -3.13. The highest BCUT2D eigenvalue weighted by Gasteiger charge is 2.17. The van der Waals surface area contributed by atoms with Crippen molar-refractivity contribution in [3.05, 3.63) is 58.9 Å². The Morgan fingerprint density at radius 1 is 1.07 bits per heavy atom. The first-order valence-corrected chi connectivity index (χ1v) is 9.87. The second-order valence-corrected chi connectivity index (χ2v) is 7.33. The van der Waals surface area contributed by atoms with Crippen molar-refractivity contribution in [1.29, 1.82) is 0 Å². The fourth-order valence-electron chi connectivity index (χ4n) is 2.92. The van der Waals surface area contributed by atoms with Crippen LogP contribution in [0.15, 0.2) is 42.9 Å². The molecule has 0 saturated heterocycles. The van der Waals surface area contributed by atoms with Gasteiger partial charge in [0.1, 0.15) is 0 Å². The predicted molar refractivity (Wildman–Crippen MR) is 112 cm³/mol. The molecule has 1 N–H and O–H groups in total. The van der Waals surface area contributed by atoms with Crippen molar-refractivity contribution < 1.29 is 19.0 Å². The number of nitrogens with one attached hydrogen (secondary N) is 1. The molecule has 2 heterocycles. The van der Waals surface area contributed by atoms with E-state index in [-0.39, 0.29) is 5.91 Å². The van der Waals surface area contributed by atoms with Gasteiger partial charge < -0.3 is 19.5 Å². The third-order valence-corrected chi connectivity index (χ3v) is 5.23. The van der Waals surface area contributed by atoms with Gasteiger partial charge in [0, 0.05) is 41.9 Å². The molecule has 0 aliphatic carbocycles. The Bertz CT molecular complexity index is 960. The van der Waals surface area contributed by atoms with E-state index in [2.05, 4.69) is 15.3 Å². The molecule has 0 saturated carbocycles. The van der Waals surface area contributed by atoms with Crippen LogP contribution in [0.4, 0.5) is 5.13 Å². The van der Waals surface area contributed by atoms with E-state index in [0.717, 1.165) is 16.0 Å². The van der Waals surface area contributed by atoms with Gasteiger partial charge in [-0.25, -0.2) is 4.98 Å². The van der Waals surface area contributed by atoms with Gasteiger partial charge in [0.05, 0.1) is 21.3 Å². The topological polar surface area (TPSA) is 82.6 Å². The van der Waals surface area contributed by atoms with Crippen LogP contribution in [-0.4, -0.2) is 37.2 Å². The first-order chi connectivity index (χ1) is 14.1. The smallest absolute Gasteiger partial charge is 0.226 e. The van der Waals surface area contributed by atoms with Crippen LogP contribution in [-0.2, 0) is 17.6 Å². The molecular weight excluding hydrogens is 390 g/mol. The first kappa shape index (κ1) is 20.6. The molecule has 7 nitrogen and oxygen atoms in total. The van der Waals surface area contributed by atoms with E-state index >= 15 is 0 Å². The summed E-state index contributed by atoms with van der Waals surface area (Å²) in [6, 6.07) is 7.60. The molecule has 0 bridgehead atoms. The average Bonchev–Trinajstić information content (AvgIpc) is 3.19. The molecule has 152 valence electrons. The van der Waals surface area contributed by atoms with Gasteiger partial charge in [-0.05, 0) is 24.1 Å². The number of thiazole rings is 1. The Kier molecular flexibility index (Phi) is 7.02. The van der Waals surface area contributed by atoms with E-state index in [1.165, 1.54) is 11.3 Å². The van der Waals surface area contributed by atoms with Crippen molar-refractivity contribution in [2.75, 3.05) is 26.6 Å². The maximum Gasteiger partial charge on any atom is 0.226 e. The quantitative estimate of drug-likeness (QED) is 0.576. The van der Waals surface area contributed by atoms with Crippen LogP contribution >= 0.6 is 11.3 Å². The number of rotatable bonds is 9. The molecule has 3 rings (SSSR count). The largest absolute Gasteiger partial charge is 0.493 e. The fraction of sp³-hybridized carbons (Fsp3) is 0.286. The normalized spacial score (nSPS) is 10.4. The van der Waals surface area contributed by atoms with Gasteiger partial charge in [-0.1, -0.05) is 12.1 Å². The minimum absolute atomic E-state index is 0.0709. The molecule has 0 unspecified atom stereocenters. The van der Waals surface area contributed by atoms with Gasteiger partial charge in [0.25, 0.3) is 0 Å². The highest BCUT2D eigenvalue weighted by atomic mass is 32.1. The molecule has 0 atom stereocenters. The number of carbonyl (C=O) groups excluding carboxylic acids is 1. The number of pyridine rings is 1. The first-order valence-electron chi connectivity index (χ1n) is 9.06. The molecule has 1 aromatic carbocycles. The van der Waals surface area contributed by atoms with Crippen LogP contribution in [0.25, 0.3) is 0 Å². The average molecular weight is 413 g/mol. The van der Waals surface area contributed by atoms with Crippen LogP contribution < -0.4 is 19.5 Å². The Morgan fingerprint density at radius 3 is 2.59 bits per heavy atom. The van der Waals surface area contributed by atoms with E-state index in [9.17, 15) is 4.79 Å². The molecular formula is C21H23N3O4S. The molecule has 0 radical (unpaired) electrons. The third-order valence-electron chi connectivity index (χ3n) is 4.31. The van der Waals surface area contributed by atoms with E-state index < -0.39 is 0 Å². The molecule has 3 aromatic rings. The Balaban J connectivity index is 1.64. The van der Waals surface area contributed by atoms with E-state index in [0.29, 0.717) is 41.6 Å². The highest BCUT2D eigenvalue weighted by molar-refractivity contribution is 7.15. The van der Waals surface area contributed by atoms with Crippen molar-refractivity contribution in [3.63, 3.8) is 0 Å². The van der Waals surface area contributed by atoms with Crippen molar-refractivity contribution in [2.45, 2.75) is 19.3 Å². The van der Waals surface area contributed by atoms with Gasteiger partial charge in [-0.2, -0.15) is 0 Å². The minimum Gasteiger partial charge on any atom is -0.493 e. The summed E-state index contributed by atoms with van der Waals surface area (Å²) in [5.41, 5.74) is 1.98. The number of amides is 1. The summed E-state index contributed by atoms with van der Waals surface area (Å²) < 4.78 is 16.3. The van der Waals surface area contributed by atoms with Crippen LogP contribution in [0.3, 0.4) is 0 Å². The Morgan fingerprint density at radius 2 is 1.90 bits per heavy atom. The van der Waals surface area contributed by atoms with Crippen LogP contribution in [0.2, 0.25) is 0 Å². The fourth-order valence-corrected chi connectivity index (χ4v) is 3.77. The van der Waals surface area contributed by atoms with Gasteiger partial charge in [0.2, 0.25) is 11.7 Å². The maximum atomic E-state index is 12.2. The number of aryl methyl sites for hydroxylation is 1. The van der Waals surface area contributed by atoms with Crippen molar-refractivity contribution in [3.8, 4) is 17.2 Å². The molecule has 8 heteroatoms. The van der Waals surface area contributed by atoms with E-state index in [4.69, 9.17) is 14.2 Å². The molecule has 1 amide bonds. The highest BCUT2D eigenvalue weighted by Crippen LogP contribution is 2.41. The Labute approximate surface area is 173 Å². The summed E-state index contributed by atoms with van der Waals surface area (Å²) in [7, 11) is 4.76. The number of carbonyl (C=O) groups is 1. The number of aromatic nitrogens is 2. The number of ether oxygens (including phenoxy) is 3. The predicted octanol–water partition coefficient (Wildman–Crippen LogP) is 3.73. The maximum absolute atomic E-state index is 12.2. The van der Waals surface area contributed by atoms with Crippen molar-refractivity contribution in [2.24, 2.45) is 0 Å². The lowest BCUT2D eigenvalue weighted by Crippen LogP contribution is -2.12. The number of nitrogens with zero attached hydrogens (tertiary/aromatic N) is 2. The van der Waals surface area contributed by atoms with E-state index in [1.807, 2.05) is 24.3 Å². The lowest BCUT2D eigenvalue weighted by atomic mass is 10.1. The zero-order chi connectivity index (χ0) is 20.6. The number of benzene rings is 1. The minimum atomic E-state index is -0.0709. The monoisotopic (exact) mass is 413 g/mol. The molecule has 0 aliphatic heterocycles. The van der Waals surface area contributed by atoms with Crippen LogP contribution in [0, 0.1) is 0 Å². The lowest BCUT2D eigenvalue weighted by Gasteiger charge is -2.15. The summed E-state index contributed by atoms with van der Waals surface area (Å²) in [6.07, 6.45) is 6.87. The van der Waals surface area contributed by atoms with E-state index in [1.54, 1.807) is 39.9 Å². The standard InChI is InChI=1S/C21H23N3O4S/c1-26-17-8-7-15(19(27-2)20(17)28-3)11-16-13-23-21(29-16)24-18(25)9-6-14-5-4-10-22-12-14/h4-5,7-8,10,12-13H,6,9,11H2,1-3H3,(H,23,24,25). The number of anilines is 1. The molecule has 0 fully saturated rings. The molecule has 0 spiro atoms. The molecule has 29 heavy (non-hydrogen) atoms. The third kappa shape index (κ3) is 5.23. The summed E-state index contributed by atoms with van der Waals surface area (Å²) in [6.45, 7) is 0. The van der Waals surface area contributed by atoms with Gasteiger partial charge >= 0.3 is 0 Å². The van der Waals surface area contributed by atoms with Crippen LogP contribution in [0.1, 0.15) is 22.4 Å². The van der Waals surface area contributed by atoms with Crippen LogP contribution in [0.5, 0.6) is 17.2 Å². The zero-order valence-electron chi connectivity index (χ0n) is 16.6. The van der Waals surface area contributed by atoms with Crippen molar-refractivity contribution >= 4 is 22.4 Å². The lowest BCUT2D eigenvalue weighted by molar-refractivity contribution is -0.116. The van der Waals surface area contributed by atoms with Gasteiger partial charge in [0.15, 0.2) is 16.6 Å². The van der Waals surface area contributed by atoms with Gasteiger partial charge in [-0.15, -0.1) is 11.3 Å². The SMILES string of the molecule is COc1ccc(Cc2cnc(NC(=O)CCc3cccnc3)s2)c(OC)c1OC. The summed E-state index contributed by atoms with van der Waals surface area (Å²) in [5.74, 6) is 1.72. The molecule has 2 aromatic heterocycles.